The first-order valence-electron chi connectivity index (χ1n) is 7.77. The monoisotopic (exact) mass is 439 g/mol. The molecule has 0 aliphatic heterocycles. The summed E-state index contributed by atoms with van der Waals surface area (Å²) in [6.07, 6.45) is 0. The van der Waals surface area contributed by atoms with Crippen molar-refractivity contribution in [2.24, 2.45) is 4.52 Å². The average Bonchev–Trinajstić information content (AvgIpc) is 2.39. The van der Waals surface area contributed by atoms with Gasteiger partial charge in [-0.05, 0) is 0 Å². The van der Waals surface area contributed by atoms with Crippen LogP contribution in [0.3, 0.4) is 0 Å². The number of rotatable bonds is 9. The maximum absolute atomic E-state index is 11.8. The Labute approximate surface area is 160 Å². The Hall–Kier alpha value is 0.550. The van der Waals surface area contributed by atoms with Gasteiger partial charge in [0, 0.05) is 0 Å². The molecule has 0 aromatic heterocycles. The van der Waals surface area contributed by atoms with Crippen LogP contribution in [0.1, 0.15) is 0 Å². The molecule has 0 saturated heterocycles. The van der Waals surface area contributed by atoms with Gasteiger partial charge in [0.25, 0.3) is 0 Å². The van der Waals surface area contributed by atoms with Crippen LogP contribution in [0.15, 0.2) is 4.52 Å². The summed E-state index contributed by atoms with van der Waals surface area (Å²) in [7, 11) is 9.41. The summed E-state index contributed by atoms with van der Waals surface area (Å²) < 4.78 is 56.6. The maximum atomic E-state index is 11.8. The Balaban J connectivity index is 7.59. The molecule has 0 aliphatic rings. The van der Waals surface area contributed by atoms with Gasteiger partial charge in [-0.25, -0.2) is 0 Å². The number of hydrogen-bond donors (Lipinski definition) is 0. The van der Waals surface area contributed by atoms with Crippen LogP contribution in [0.5, 0.6) is 0 Å². The van der Waals surface area contributed by atoms with Gasteiger partial charge in [-0.3, -0.25) is 0 Å². The van der Waals surface area contributed by atoms with Gasteiger partial charge in [0.15, 0.2) is 0 Å². The van der Waals surface area contributed by atoms with Crippen LogP contribution in [-0.2, 0) is 4.08 Å². The molecule has 0 aliphatic carbocycles. The molecule has 0 amide bonds. The van der Waals surface area contributed by atoms with Crippen molar-refractivity contribution in [2.45, 2.75) is 0 Å². The van der Waals surface area contributed by atoms with Crippen LogP contribution in [0.4, 0.5) is 0 Å². The minimum atomic E-state index is -4.76. The van der Waals surface area contributed by atoms with Crippen molar-refractivity contribution in [2.75, 3.05) is 84.6 Å². The van der Waals surface area contributed by atoms with Crippen LogP contribution < -0.4 is 14.0 Å². The Bertz CT molecular complexity index is 485. The fourth-order valence-electron chi connectivity index (χ4n) is 3.19. The molecule has 0 radical (unpaired) electrons. The van der Waals surface area contributed by atoms with E-state index >= 15 is 0 Å². The molecule has 26 heavy (non-hydrogen) atoms. The van der Waals surface area contributed by atoms with Crippen molar-refractivity contribution in [1.29, 1.82) is 0 Å². The van der Waals surface area contributed by atoms with Crippen molar-refractivity contribution in [3.63, 3.8) is 0 Å². The van der Waals surface area contributed by atoms with E-state index in [1.54, 1.807) is 56.3 Å². The fourth-order valence-corrected chi connectivity index (χ4v) is 16.0. The van der Waals surface area contributed by atoms with Gasteiger partial charge in [-0.15, -0.1) is 0 Å². The second-order valence-electron chi connectivity index (χ2n) is 7.02. The topological polar surface area (TPSA) is 110 Å². The summed E-state index contributed by atoms with van der Waals surface area (Å²) in [5.41, 5.74) is 0. The van der Waals surface area contributed by atoms with Crippen molar-refractivity contribution in [3.8, 4) is 0 Å². The van der Waals surface area contributed by atoms with Crippen molar-refractivity contribution in [3.05, 3.63) is 0 Å². The minimum absolute atomic E-state index is 1.60. The molecule has 0 bridgehead atoms. The molecule has 0 spiro atoms. The van der Waals surface area contributed by atoms with Gasteiger partial charge in [-0.1, -0.05) is 0 Å². The summed E-state index contributed by atoms with van der Waals surface area (Å²) in [4.78, 5) is 0. The predicted molar refractivity (Wildman–Crippen MR) is 99.5 cm³/mol. The van der Waals surface area contributed by atoms with Crippen molar-refractivity contribution in [1.82, 2.24) is 28.0 Å². The first-order valence-corrected chi connectivity index (χ1v) is 12.6. The molecule has 0 atom stereocenters. The molecule has 0 N–H and O–H groups in total. The van der Waals surface area contributed by atoms with E-state index in [0.29, 0.717) is 0 Å². The zero-order chi connectivity index (χ0) is 21.3. The first kappa shape index (κ1) is 26.6. The van der Waals surface area contributed by atoms with E-state index in [-0.39, 0.29) is 0 Å². The van der Waals surface area contributed by atoms with Gasteiger partial charge in [-0.2, -0.15) is 0 Å². The third-order valence-corrected chi connectivity index (χ3v) is 15.5. The van der Waals surface area contributed by atoms with Gasteiger partial charge >= 0.3 is 160 Å². The summed E-state index contributed by atoms with van der Waals surface area (Å²) in [6.45, 7) is 0. The zero-order valence-electron chi connectivity index (χ0n) is 18.0. The van der Waals surface area contributed by atoms with Gasteiger partial charge in [0.05, 0.1) is 0 Å². The van der Waals surface area contributed by atoms with Crippen molar-refractivity contribution >= 4 is 14.9 Å². The van der Waals surface area contributed by atoms with E-state index in [1.165, 1.54) is 0 Å². The molecule has 160 valence electrons. The molecule has 14 heteroatoms. The Morgan fingerprint density at radius 2 is 0.923 bits per heavy atom. The molecule has 0 heterocycles. The van der Waals surface area contributed by atoms with Crippen LogP contribution >= 0.6 is 14.9 Å². The standard InChI is InChI=1S/C12H36ClN7O4P2/c1-15(2)25(16(3)4,17(5)6)14-26(18(7)8,19(9)10,20(11)12)24-13(21,22)23/h1-12H3. The van der Waals surface area contributed by atoms with Gasteiger partial charge in [0.1, 0.15) is 0 Å². The molecule has 0 aromatic carbocycles. The Morgan fingerprint density at radius 1 is 0.654 bits per heavy atom. The van der Waals surface area contributed by atoms with Crippen LogP contribution in [0, 0.1) is 10.2 Å². The molecular weight excluding hydrogens is 404 g/mol. The summed E-state index contributed by atoms with van der Waals surface area (Å²) in [6, 6.07) is 0. The average molecular weight is 440 g/mol. The van der Waals surface area contributed by atoms with E-state index in [0.717, 1.165) is 0 Å². The SMILES string of the molecule is CN(C)P(=NP(O[Cl+3]([O-])([O-])[O-])(N(C)C)(N(C)C)N(C)C)(N(C)C)N(C)C. The van der Waals surface area contributed by atoms with Gasteiger partial charge < -0.3 is 0 Å². The summed E-state index contributed by atoms with van der Waals surface area (Å²) in [5, 5.41) is 0. The quantitative estimate of drug-likeness (QED) is 0.387. The molecule has 0 aromatic rings. The molecule has 0 unspecified atom stereocenters. The van der Waals surface area contributed by atoms with Gasteiger partial charge in [0.2, 0.25) is 0 Å². The third-order valence-electron chi connectivity index (χ3n) is 4.19. The Kier molecular flexibility index (Phi) is 8.69. The van der Waals surface area contributed by atoms with E-state index < -0.39 is 25.2 Å². The molecule has 0 rings (SSSR count). The number of nitrogens with zero attached hydrogens (tertiary/aromatic N) is 7. The predicted octanol–water partition coefficient (Wildman–Crippen LogP) is -1.66. The van der Waals surface area contributed by atoms with E-state index in [4.69, 9.17) is 8.59 Å². The normalized spacial score (nSPS) is 16.3. The number of hydrogen-bond acceptors (Lipinski definition) is 8. The fraction of sp³-hybridized carbons (Fsp3) is 1.00. The van der Waals surface area contributed by atoms with E-state index in [2.05, 4.69) is 0 Å². The second-order valence-corrected chi connectivity index (χ2v) is 16.6. The second kappa shape index (κ2) is 8.51. The molecule has 0 fully saturated rings. The third kappa shape index (κ3) is 4.26. The number of halogens is 1. The summed E-state index contributed by atoms with van der Waals surface area (Å²) in [5.74, 6) is 0. The molecule has 0 saturated carbocycles. The van der Waals surface area contributed by atoms with E-state index in [1.807, 2.05) is 56.3 Å². The Morgan fingerprint density at radius 3 is 1.08 bits per heavy atom. The van der Waals surface area contributed by atoms with E-state index in [9.17, 15) is 14.0 Å². The van der Waals surface area contributed by atoms with Crippen LogP contribution in [0.25, 0.3) is 0 Å². The molecule has 11 nitrogen and oxygen atoms in total. The van der Waals surface area contributed by atoms with Crippen LogP contribution in [0.2, 0.25) is 0 Å². The zero-order valence-corrected chi connectivity index (χ0v) is 20.6. The summed E-state index contributed by atoms with van der Waals surface area (Å²) >= 11 is 0. The van der Waals surface area contributed by atoms with Crippen molar-refractivity contribution < 1.29 is 28.3 Å². The van der Waals surface area contributed by atoms with Crippen LogP contribution in [-0.4, -0.2) is 113 Å². The first-order chi connectivity index (χ1) is 11.4. The molecular formula is C12H36ClN7O4P2.